The predicted octanol–water partition coefficient (Wildman–Crippen LogP) is 3.54. The normalized spacial score (nSPS) is 21.7. The van der Waals surface area contributed by atoms with Gasteiger partial charge in [0.05, 0.1) is 0 Å². The third-order valence-electron chi connectivity index (χ3n) is 3.67. The van der Waals surface area contributed by atoms with Crippen LogP contribution in [0.4, 0.5) is 11.4 Å². The number of fused-ring (bicyclic) bond motifs is 1. The minimum Gasteiger partial charge on any atom is -0.399 e. The van der Waals surface area contributed by atoms with E-state index in [0.29, 0.717) is 5.92 Å². The van der Waals surface area contributed by atoms with Crippen LogP contribution in [0.25, 0.3) is 0 Å². The molecule has 0 aliphatic carbocycles. The standard InChI is InChI=1S/C14H22N2O.2ClH/c1-9-8-14(3,4)16(10(2)17)13-6-5-11(15)7-12(9)13;;/h5-7,9-10,17H,8,15H2,1-4H3;2*1H. The highest BCUT2D eigenvalue weighted by molar-refractivity contribution is 5.85. The number of nitrogens with two attached hydrogens (primary N) is 1. The van der Waals surface area contributed by atoms with E-state index in [1.165, 1.54) is 5.56 Å². The lowest BCUT2D eigenvalue weighted by Gasteiger charge is -2.49. The van der Waals surface area contributed by atoms with Gasteiger partial charge in [0.2, 0.25) is 0 Å². The van der Waals surface area contributed by atoms with Crippen LogP contribution in [0.1, 0.15) is 45.6 Å². The number of aliphatic hydroxyl groups is 1. The zero-order valence-electron chi connectivity index (χ0n) is 11.9. The molecule has 2 atom stereocenters. The average Bonchev–Trinajstić information content (AvgIpc) is 2.17. The molecule has 0 saturated carbocycles. The van der Waals surface area contributed by atoms with E-state index in [4.69, 9.17) is 5.73 Å². The summed E-state index contributed by atoms with van der Waals surface area (Å²) in [7, 11) is 0. The topological polar surface area (TPSA) is 49.5 Å². The fraction of sp³-hybridized carbons (Fsp3) is 0.571. The minimum atomic E-state index is -0.486. The van der Waals surface area contributed by atoms with E-state index < -0.39 is 6.23 Å². The Morgan fingerprint density at radius 1 is 1.37 bits per heavy atom. The van der Waals surface area contributed by atoms with Crippen molar-refractivity contribution in [1.29, 1.82) is 0 Å². The third-order valence-corrected chi connectivity index (χ3v) is 3.67. The maximum atomic E-state index is 10.0. The summed E-state index contributed by atoms with van der Waals surface area (Å²) in [6, 6.07) is 5.96. The second-order valence-electron chi connectivity index (χ2n) is 5.74. The molecule has 19 heavy (non-hydrogen) atoms. The molecule has 3 N–H and O–H groups in total. The van der Waals surface area contributed by atoms with E-state index in [2.05, 4.69) is 25.7 Å². The molecule has 0 bridgehead atoms. The summed E-state index contributed by atoms with van der Waals surface area (Å²) >= 11 is 0. The monoisotopic (exact) mass is 306 g/mol. The first kappa shape index (κ1) is 18.4. The summed E-state index contributed by atoms with van der Waals surface area (Å²) in [4.78, 5) is 2.09. The van der Waals surface area contributed by atoms with Crippen LogP contribution >= 0.6 is 24.8 Å². The summed E-state index contributed by atoms with van der Waals surface area (Å²) in [6.07, 6.45) is 0.536. The molecule has 1 aromatic carbocycles. The van der Waals surface area contributed by atoms with E-state index in [0.717, 1.165) is 17.8 Å². The summed E-state index contributed by atoms with van der Waals surface area (Å²) in [5.74, 6) is 0.471. The number of hydrogen-bond donors (Lipinski definition) is 2. The number of benzene rings is 1. The van der Waals surface area contributed by atoms with E-state index in [9.17, 15) is 5.11 Å². The first-order valence-corrected chi connectivity index (χ1v) is 6.20. The van der Waals surface area contributed by atoms with Crippen LogP contribution in [0.5, 0.6) is 0 Å². The molecule has 0 fully saturated rings. The van der Waals surface area contributed by atoms with Crippen molar-refractivity contribution in [2.75, 3.05) is 10.6 Å². The number of halogens is 2. The van der Waals surface area contributed by atoms with Gasteiger partial charge in [0.1, 0.15) is 6.23 Å². The maximum Gasteiger partial charge on any atom is 0.124 e. The quantitative estimate of drug-likeness (QED) is 0.780. The number of nitrogen functional groups attached to an aromatic ring is 1. The highest BCUT2D eigenvalue weighted by Gasteiger charge is 2.38. The van der Waals surface area contributed by atoms with Crippen molar-refractivity contribution in [3.63, 3.8) is 0 Å². The van der Waals surface area contributed by atoms with E-state index in [-0.39, 0.29) is 30.4 Å². The van der Waals surface area contributed by atoms with Gasteiger partial charge in [-0.05, 0) is 56.9 Å². The molecule has 0 amide bonds. The zero-order valence-corrected chi connectivity index (χ0v) is 13.5. The molecule has 0 radical (unpaired) electrons. The van der Waals surface area contributed by atoms with E-state index in [1.54, 1.807) is 0 Å². The zero-order chi connectivity index (χ0) is 12.8. The lowest BCUT2D eigenvalue weighted by atomic mass is 9.80. The molecule has 110 valence electrons. The molecule has 0 aromatic heterocycles. The fourth-order valence-electron chi connectivity index (χ4n) is 3.18. The first-order chi connectivity index (χ1) is 7.83. The van der Waals surface area contributed by atoms with Crippen molar-refractivity contribution < 1.29 is 5.11 Å². The first-order valence-electron chi connectivity index (χ1n) is 6.20. The van der Waals surface area contributed by atoms with Gasteiger partial charge >= 0.3 is 0 Å². The number of nitrogens with zero attached hydrogens (tertiary/aromatic N) is 1. The van der Waals surface area contributed by atoms with Crippen molar-refractivity contribution in [1.82, 2.24) is 0 Å². The molecule has 3 nitrogen and oxygen atoms in total. The second-order valence-corrected chi connectivity index (χ2v) is 5.74. The van der Waals surface area contributed by atoms with Crippen molar-refractivity contribution in [2.24, 2.45) is 0 Å². The van der Waals surface area contributed by atoms with Crippen LogP contribution in [0.15, 0.2) is 18.2 Å². The van der Waals surface area contributed by atoms with Gasteiger partial charge in [-0.1, -0.05) is 6.92 Å². The Balaban J connectivity index is 0.00000162. The Morgan fingerprint density at radius 2 is 1.95 bits per heavy atom. The van der Waals surface area contributed by atoms with Gasteiger partial charge in [-0.3, -0.25) is 0 Å². The summed E-state index contributed by atoms with van der Waals surface area (Å²) in [6.45, 7) is 8.39. The van der Waals surface area contributed by atoms with E-state index in [1.807, 2.05) is 25.1 Å². The smallest absolute Gasteiger partial charge is 0.124 e. The van der Waals surface area contributed by atoms with Crippen LogP contribution in [-0.2, 0) is 0 Å². The molecule has 0 saturated heterocycles. The summed E-state index contributed by atoms with van der Waals surface area (Å²) in [5, 5.41) is 10.0. The Hall–Kier alpha value is -0.640. The second kappa shape index (κ2) is 6.21. The molecule has 2 unspecified atom stereocenters. The average molecular weight is 307 g/mol. The van der Waals surface area contributed by atoms with Crippen molar-refractivity contribution in [3.8, 4) is 0 Å². The minimum absolute atomic E-state index is 0. The molecule has 2 rings (SSSR count). The number of rotatable bonds is 1. The highest BCUT2D eigenvalue weighted by Crippen LogP contribution is 2.44. The Kier molecular flexibility index (Phi) is 6.00. The fourth-order valence-corrected chi connectivity index (χ4v) is 3.18. The molecular formula is C14H24Cl2N2O. The van der Waals surface area contributed by atoms with Gasteiger partial charge in [-0.2, -0.15) is 0 Å². The van der Waals surface area contributed by atoms with Crippen LogP contribution in [0, 0.1) is 0 Å². The van der Waals surface area contributed by atoms with Crippen LogP contribution in [0.2, 0.25) is 0 Å². The Bertz CT molecular complexity index is 435. The lowest BCUT2D eigenvalue weighted by molar-refractivity contribution is 0.150. The number of anilines is 2. The third kappa shape index (κ3) is 3.28. The van der Waals surface area contributed by atoms with Gasteiger partial charge < -0.3 is 15.7 Å². The van der Waals surface area contributed by atoms with Crippen LogP contribution in [0.3, 0.4) is 0 Å². The van der Waals surface area contributed by atoms with E-state index >= 15 is 0 Å². The SMILES string of the molecule is CC1CC(C)(C)N(C(C)O)c2ccc(N)cc21.Cl.Cl. The lowest BCUT2D eigenvalue weighted by Crippen LogP contribution is -2.52. The predicted molar refractivity (Wildman–Crippen MR) is 86.6 cm³/mol. The van der Waals surface area contributed by atoms with Gasteiger partial charge in [0.25, 0.3) is 0 Å². The van der Waals surface area contributed by atoms with Gasteiger partial charge in [0.15, 0.2) is 0 Å². The van der Waals surface area contributed by atoms with Crippen molar-refractivity contribution in [3.05, 3.63) is 23.8 Å². The molecule has 0 spiro atoms. The molecule has 1 aromatic rings. The molecule has 1 aliphatic rings. The van der Waals surface area contributed by atoms with Gasteiger partial charge in [0, 0.05) is 16.9 Å². The van der Waals surface area contributed by atoms with Gasteiger partial charge in [-0.15, -0.1) is 24.8 Å². The number of hydrogen-bond acceptors (Lipinski definition) is 3. The van der Waals surface area contributed by atoms with Crippen molar-refractivity contribution in [2.45, 2.75) is 51.8 Å². The van der Waals surface area contributed by atoms with Crippen molar-refractivity contribution >= 4 is 36.2 Å². The maximum absolute atomic E-state index is 10.0. The van der Waals surface area contributed by atoms with Gasteiger partial charge in [-0.25, -0.2) is 0 Å². The molecule has 1 aliphatic heterocycles. The summed E-state index contributed by atoms with van der Waals surface area (Å²) in [5.41, 5.74) is 8.96. The highest BCUT2D eigenvalue weighted by atomic mass is 35.5. The summed E-state index contributed by atoms with van der Waals surface area (Å²) < 4.78 is 0. The molecule has 5 heteroatoms. The van der Waals surface area contributed by atoms with Crippen LogP contribution < -0.4 is 10.6 Å². The molecule has 1 heterocycles. The van der Waals surface area contributed by atoms with Crippen LogP contribution in [-0.4, -0.2) is 16.9 Å². The Labute approximate surface area is 128 Å². The molecular weight excluding hydrogens is 283 g/mol. The Morgan fingerprint density at radius 3 is 2.47 bits per heavy atom. The number of aliphatic hydroxyl groups excluding tert-OH is 1. The largest absolute Gasteiger partial charge is 0.399 e.